The second kappa shape index (κ2) is 9.63. The van der Waals surface area contributed by atoms with Crippen LogP contribution in [0.15, 0.2) is 0 Å². The lowest BCUT2D eigenvalue weighted by Crippen LogP contribution is -2.47. The number of hydrogen-bond donors (Lipinski definition) is 0. The fourth-order valence-electron chi connectivity index (χ4n) is 2.08. The van der Waals surface area contributed by atoms with Crippen LogP contribution in [-0.4, -0.2) is 55.1 Å². The van der Waals surface area contributed by atoms with Crippen LogP contribution >= 0.6 is 0 Å². The third-order valence-electron chi connectivity index (χ3n) is 3.95. The lowest BCUT2D eigenvalue weighted by molar-refractivity contribution is -0.921. The van der Waals surface area contributed by atoms with Gasteiger partial charge in [-0.2, -0.15) is 13.2 Å². The predicted molar refractivity (Wildman–Crippen MR) is 76.9 cm³/mol. The van der Waals surface area contributed by atoms with E-state index in [0.29, 0.717) is 0 Å². The lowest BCUT2D eigenvalue weighted by Gasteiger charge is -2.34. The van der Waals surface area contributed by atoms with Crippen molar-refractivity contribution in [3.8, 4) is 0 Å². The van der Waals surface area contributed by atoms with E-state index in [1.54, 1.807) is 0 Å². The monoisotopic (exact) mass is 335 g/mol. The van der Waals surface area contributed by atoms with Gasteiger partial charge in [-0.1, -0.05) is 13.3 Å². The van der Waals surface area contributed by atoms with Gasteiger partial charge in [0.25, 0.3) is 0 Å². The molecule has 0 aliphatic rings. The Bertz CT molecular complexity index is 348. The summed E-state index contributed by atoms with van der Waals surface area (Å²) in [6.07, 6.45) is -5.61. The van der Waals surface area contributed by atoms with Crippen molar-refractivity contribution in [3.05, 3.63) is 0 Å². The van der Waals surface area contributed by atoms with Gasteiger partial charge in [-0.15, -0.1) is 0 Å². The molecule has 0 aromatic rings. The van der Waals surface area contributed by atoms with E-state index in [1.165, 1.54) is 37.6 Å². The van der Waals surface area contributed by atoms with Gasteiger partial charge in [0.05, 0.1) is 26.2 Å². The molecule has 0 aromatic heterocycles. The quantitative estimate of drug-likeness (QED) is 0.530. The fraction of sp³-hybridized carbons (Fsp3) is 1.00. The highest BCUT2D eigenvalue weighted by Gasteiger charge is 2.43. The molecule has 0 fully saturated rings. The van der Waals surface area contributed by atoms with Crippen molar-refractivity contribution in [2.45, 2.75) is 58.9 Å². The Morgan fingerprint density at radius 2 is 1.29 bits per heavy atom. The molecule has 0 spiro atoms. The van der Waals surface area contributed by atoms with Crippen molar-refractivity contribution in [2.24, 2.45) is 0 Å². The molecular weight excluding hydrogens is 307 g/mol. The largest absolute Gasteiger partial charge is 0.747 e. The van der Waals surface area contributed by atoms with E-state index >= 15 is 0 Å². The molecule has 0 heterocycles. The number of rotatable bonds is 7. The Kier molecular flexibility index (Phi) is 10.5. The maximum absolute atomic E-state index is 11.8. The third-order valence-corrected chi connectivity index (χ3v) is 5.15. The maximum Gasteiger partial charge on any atom is 0.404 e. The summed E-state index contributed by atoms with van der Waals surface area (Å²) in [5.74, 6) is 0. The molecule has 0 bridgehead atoms. The molecule has 1 unspecified atom stereocenters. The lowest BCUT2D eigenvalue weighted by atomic mass is 10.2. The Morgan fingerprint density at radius 1 is 0.952 bits per heavy atom. The van der Waals surface area contributed by atoms with Crippen LogP contribution in [-0.2, 0) is 10.1 Å². The maximum atomic E-state index is 11.8. The Morgan fingerprint density at radius 3 is 1.33 bits per heavy atom. The van der Waals surface area contributed by atoms with Crippen LogP contribution in [0.3, 0.4) is 0 Å². The van der Waals surface area contributed by atoms with Crippen molar-refractivity contribution >= 4 is 10.1 Å². The molecule has 1 atom stereocenters. The summed E-state index contributed by atoms with van der Waals surface area (Å²) in [7, 11) is -5.26. The van der Waals surface area contributed by atoms with E-state index in [4.69, 9.17) is 0 Å². The minimum atomic E-state index is -5.26. The van der Waals surface area contributed by atoms with Gasteiger partial charge in [0.15, 0.2) is 0 Å². The first-order valence-corrected chi connectivity index (χ1v) is 8.77. The first-order valence-electron chi connectivity index (χ1n) is 7.30. The van der Waals surface area contributed by atoms with Gasteiger partial charge in [-0.3, -0.25) is 0 Å². The molecule has 0 saturated carbocycles. The molecule has 0 amide bonds. The van der Waals surface area contributed by atoms with Crippen molar-refractivity contribution in [1.29, 1.82) is 0 Å². The van der Waals surface area contributed by atoms with E-state index in [1.807, 2.05) is 0 Å². The van der Waals surface area contributed by atoms with Gasteiger partial charge in [0, 0.05) is 0 Å². The molecule has 4 nitrogen and oxygen atoms in total. The van der Waals surface area contributed by atoms with Crippen LogP contribution in [0.5, 0.6) is 0 Å². The van der Waals surface area contributed by atoms with Crippen molar-refractivity contribution in [3.63, 3.8) is 0 Å². The number of hydrogen-bond acceptors (Lipinski definition) is 3. The van der Waals surface area contributed by atoms with Crippen LogP contribution in [0, 0.1) is 0 Å². The molecule has 0 radical (unpaired) electrons. The molecule has 0 aliphatic carbocycles. The number of nitrogens with zero attached hydrogens (tertiary/aromatic N) is 1. The normalized spacial score (nSPS) is 14.3. The number of alkyl halides is 3. The predicted octanol–water partition coefficient (Wildman–Crippen LogP) is 3.15. The SMILES string of the molecule is CCCC(C(F)(F)F)S(=O)(=O)[O-].CC[N+](CC)(CC)CC. The topological polar surface area (TPSA) is 57.2 Å². The Balaban J connectivity index is 0. The second-order valence-electron chi connectivity index (χ2n) is 4.92. The summed E-state index contributed by atoms with van der Waals surface area (Å²) in [5.41, 5.74) is 0. The molecule has 0 saturated heterocycles. The Labute approximate surface area is 126 Å². The summed E-state index contributed by atoms with van der Waals surface area (Å²) in [5, 5.41) is -2.75. The third kappa shape index (κ3) is 8.63. The highest BCUT2D eigenvalue weighted by molar-refractivity contribution is 7.86. The van der Waals surface area contributed by atoms with Gasteiger partial charge in [-0.05, 0) is 34.1 Å². The van der Waals surface area contributed by atoms with E-state index in [9.17, 15) is 26.1 Å². The molecule has 0 aromatic carbocycles. The standard InChI is InChI=1S/C8H20N.C5H9F3O3S/c1-5-9(6-2,7-3)8-4;1-2-3-4(5(6,7)8)12(9,10)11/h5-8H2,1-4H3;4H,2-3H2,1H3,(H,9,10,11)/q+1;/p-1. The number of quaternary nitrogens is 1. The molecule has 21 heavy (non-hydrogen) atoms. The van der Waals surface area contributed by atoms with Crippen LogP contribution < -0.4 is 0 Å². The molecular formula is C13H28F3NO3S. The highest BCUT2D eigenvalue weighted by Crippen LogP contribution is 2.28. The van der Waals surface area contributed by atoms with Crippen molar-refractivity contribution in [2.75, 3.05) is 26.2 Å². The molecule has 0 rings (SSSR count). The molecule has 130 valence electrons. The van der Waals surface area contributed by atoms with Crippen molar-refractivity contribution in [1.82, 2.24) is 0 Å². The molecule has 0 N–H and O–H groups in total. The van der Waals surface area contributed by atoms with E-state index in [2.05, 4.69) is 27.7 Å². The van der Waals surface area contributed by atoms with Gasteiger partial charge in [0.1, 0.15) is 15.4 Å². The molecule has 8 heteroatoms. The zero-order valence-electron chi connectivity index (χ0n) is 13.5. The average Bonchev–Trinajstić information content (AvgIpc) is 2.37. The average molecular weight is 335 g/mol. The van der Waals surface area contributed by atoms with Gasteiger partial charge < -0.3 is 9.04 Å². The summed E-state index contributed by atoms with van der Waals surface area (Å²) < 4.78 is 67.0. The summed E-state index contributed by atoms with van der Waals surface area (Å²) in [6, 6.07) is 0. The van der Waals surface area contributed by atoms with Gasteiger partial charge in [0.2, 0.25) is 0 Å². The van der Waals surface area contributed by atoms with E-state index in [-0.39, 0.29) is 6.42 Å². The van der Waals surface area contributed by atoms with E-state index < -0.39 is 28.0 Å². The summed E-state index contributed by atoms with van der Waals surface area (Å²) >= 11 is 0. The van der Waals surface area contributed by atoms with Crippen LogP contribution in [0.2, 0.25) is 0 Å². The fourth-order valence-corrected chi connectivity index (χ4v) is 2.93. The highest BCUT2D eigenvalue weighted by atomic mass is 32.2. The summed E-state index contributed by atoms with van der Waals surface area (Å²) in [6.45, 7) is 15.6. The van der Waals surface area contributed by atoms with Crippen LogP contribution in [0.4, 0.5) is 13.2 Å². The summed E-state index contributed by atoms with van der Waals surface area (Å²) in [4.78, 5) is 0. The molecule has 0 aliphatic heterocycles. The minimum Gasteiger partial charge on any atom is -0.747 e. The van der Waals surface area contributed by atoms with E-state index in [0.717, 1.165) is 0 Å². The van der Waals surface area contributed by atoms with Crippen LogP contribution in [0.25, 0.3) is 0 Å². The van der Waals surface area contributed by atoms with Gasteiger partial charge in [-0.25, -0.2) is 8.42 Å². The van der Waals surface area contributed by atoms with Crippen LogP contribution in [0.1, 0.15) is 47.5 Å². The second-order valence-corrected chi connectivity index (χ2v) is 6.47. The smallest absolute Gasteiger partial charge is 0.404 e. The number of halogens is 3. The first-order chi connectivity index (χ1) is 9.44. The zero-order valence-corrected chi connectivity index (χ0v) is 14.4. The van der Waals surface area contributed by atoms with Crippen molar-refractivity contribution < 1.29 is 30.6 Å². The first kappa shape index (κ1) is 22.9. The zero-order chi connectivity index (χ0) is 17.3. The Hall–Kier alpha value is -0.340. The van der Waals surface area contributed by atoms with Gasteiger partial charge >= 0.3 is 6.18 Å². The minimum absolute atomic E-state index is 0.00560.